The first kappa shape index (κ1) is 22.2. The van der Waals surface area contributed by atoms with Gasteiger partial charge < -0.3 is 15.0 Å². The number of amides is 1. The molecule has 0 unspecified atom stereocenters. The molecule has 4 rings (SSSR count). The quantitative estimate of drug-likeness (QED) is 0.643. The van der Waals surface area contributed by atoms with Crippen LogP contribution in [0.25, 0.3) is 0 Å². The van der Waals surface area contributed by atoms with E-state index < -0.39 is 0 Å². The zero-order chi connectivity index (χ0) is 22.5. The molecule has 2 aromatic rings. The molecule has 2 aliphatic rings. The van der Waals surface area contributed by atoms with Crippen molar-refractivity contribution in [1.29, 1.82) is 5.26 Å². The van der Waals surface area contributed by atoms with E-state index in [4.69, 9.17) is 4.74 Å². The minimum Gasteiger partial charge on any atom is -0.462 e. The molecule has 168 valence electrons. The average molecular weight is 454 g/mol. The van der Waals surface area contributed by atoms with Crippen molar-refractivity contribution in [2.45, 2.75) is 32.1 Å². The third kappa shape index (κ3) is 5.09. The lowest BCUT2D eigenvalue weighted by atomic mass is 10.1. The van der Waals surface area contributed by atoms with Gasteiger partial charge in [-0.1, -0.05) is 0 Å². The van der Waals surface area contributed by atoms with Crippen molar-refractivity contribution < 1.29 is 14.3 Å². The maximum Gasteiger partial charge on any atom is 0.341 e. The lowest BCUT2D eigenvalue weighted by Gasteiger charge is -2.23. The van der Waals surface area contributed by atoms with Crippen LogP contribution in [-0.2, 0) is 9.53 Å². The first-order valence-corrected chi connectivity index (χ1v) is 11.9. The summed E-state index contributed by atoms with van der Waals surface area (Å²) in [5.74, 6) is 0.605. The van der Waals surface area contributed by atoms with Crippen LogP contribution in [0, 0.1) is 11.3 Å². The highest BCUT2D eigenvalue weighted by molar-refractivity contribution is 7.15. The van der Waals surface area contributed by atoms with Crippen LogP contribution in [0.5, 0.6) is 0 Å². The molecule has 0 radical (unpaired) electrons. The third-order valence-electron chi connectivity index (χ3n) is 5.73. The van der Waals surface area contributed by atoms with E-state index in [2.05, 4.69) is 26.2 Å². The number of anilines is 2. The average Bonchev–Trinajstić information content (AvgIpc) is 3.59. The van der Waals surface area contributed by atoms with E-state index in [0.717, 1.165) is 37.9 Å². The molecule has 2 fully saturated rings. The normalized spacial score (nSPS) is 16.8. The second-order valence-corrected chi connectivity index (χ2v) is 8.92. The Bertz CT molecular complexity index is 1030. The van der Waals surface area contributed by atoms with Crippen LogP contribution in [0.4, 0.5) is 10.8 Å². The number of hydrogen-bond acceptors (Lipinski definition) is 8. The number of carbonyl (C=O) groups excluding carboxylic acids is 2. The van der Waals surface area contributed by atoms with E-state index in [1.165, 1.54) is 11.3 Å². The van der Waals surface area contributed by atoms with Gasteiger partial charge in [0.05, 0.1) is 24.3 Å². The van der Waals surface area contributed by atoms with E-state index in [0.29, 0.717) is 47.6 Å². The predicted octanol–water partition coefficient (Wildman–Crippen LogP) is 3.22. The summed E-state index contributed by atoms with van der Waals surface area (Å²) in [7, 11) is 0. The Kier molecular flexibility index (Phi) is 7.02. The van der Waals surface area contributed by atoms with E-state index in [1.807, 2.05) is 5.38 Å². The molecule has 1 aliphatic heterocycles. The van der Waals surface area contributed by atoms with Crippen molar-refractivity contribution in [1.82, 2.24) is 9.88 Å². The number of nitriles is 1. The maximum absolute atomic E-state index is 12.8. The van der Waals surface area contributed by atoms with Crippen LogP contribution < -0.4 is 10.2 Å². The summed E-state index contributed by atoms with van der Waals surface area (Å²) < 4.78 is 5.24. The molecule has 1 amide bonds. The summed E-state index contributed by atoms with van der Waals surface area (Å²) >= 11 is 1.40. The molecule has 0 atom stereocenters. The molecule has 0 aromatic carbocycles. The number of nitrogens with one attached hydrogen (secondary N) is 1. The fourth-order valence-electron chi connectivity index (χ4n) is 4.02. The number of esters is 1. The summed E-state index contributed by atoms with van der Waals surface area (Å²) in [5.41, 5.74) is 2.08. The Hall–Kier alpha value is -2.96. The predicted molar refractivity (Wildman–Crippen MR) is 123 cm³/mol. The van der Waals surface area contributed by atoms with Gasteiger partial charge in [-0.2, -0.15) is 5.26 Å². The zero-order valence-corrected chi connectivity index (χ0v) is 19.0. The van der Waals surface area contributed by atoms with Gasteiger partial charge in [0.15, 0.2) is 0 Å². The lowest BCUT2D eigenvalue weighted by molar-refractivity contribution is -0.117. The molecule has 9 heteroatoms. The molecule has 0 spiro atoms. The molecule has 3 heterocycles. The van der Waals surface area contributed by atoms with Gasteiger partial charge in [0.25, 0.3) is 0 Å². The molecule has 1 aliphatic carbocycles. The lowest BCUT2D eigenvalue weighted by Crippen LogP contribution is -2.36. The fourth-order valence-corrected chi connectivity index (χ4v) is 5.07. The van der Waals surface area contributed by atoms with Gasteiger partial charge in [-0.15, -0.1) is 11.3 Å². The van der Waals surface area contributed by atoms with Crippen LogP contribution in [0.1, 0.15) is 53.6 Å². The smallest absolute Gasteiger partial charge is 0.341 e. The Morgan fingerprint density at radius 3 is 2.91 bits per heavy atom. The molecule has 1 N–H and O–H groups in total. The first-order chi connectivity index (χ1) is 15.6. The van der Waals surface area contributed by atoms with Crippen LogP contribution >= 0.6 is 11.3 Å². The number of aromatic nitrogens is 1. The fraction of sp³-hybridized carbons (Fsp3) is 0.478. The minimum absolute atomic E-state index is 0.135. The second kappa shape index (κ2) is 10.1. The number of thiophene rings is 1. The van der Waals surface area contributed by atoms with E-state index in [-0.39, 0.29) is 18.4 Å². The largest absolute Gasteiger partial charge is 0.462 e. The van der Waals surface area contributed by atoms with Crippen molar-refractivity contribution in [3.63, 3.8) is 0 Å². The van der Waals surface area contributed by atoms with Crippen molar-refractivity contribution >= 4 is 34.0 Å². The molecule has 0 bridgehead atoms. The Balaban J connectivity index is 1.38. The molecule has 1 saturated carbocycles. The van der Waals surface area contributed by atoms with Crippen molar-refractivity contribution in [2.24, 2.45) is 0 Å². The Labute approximate surface area is 191 Å². The van der Waals surface area contributed by atoms with Gasteiger partial charge in [0.2, 0.25) is 5.91 Å². The van der Waals surface area contributed by atoms with Crippen LogP contribution in [0.15, 0.2) is 23.7 Å². The van der Waals surface area contributed by atoms with Gasteiger partial charge in [-0.25, -0.2) is 9.78 Å². The second-order valence-electron chi connectivity index (χ2n) is 8.04. The van der Waals surface area contributed by atoms with Crippen LogP contribution in [-0.4, -0.2) is 61.1 Å². The molecule has 8 nitrogen and oxygen atoms in total. The van der Waals surface area contributed by atoms with Crippen LogP contribution in [0.2, 0.25) is 0 Å². The van der Waals surface area contributed by atoms with Crippen molar-refractivity contribution in [3.8, 4) is 6.07 Å². The summed E-state index contributed by atoms with van der Waals surface area (Å²) in [4.78, 5) is 33.9. The molecule has 32 heavy (non-hydrogen) atoms. The highest BCUT2D eigenvalue weighted by Crippen LogP contribution is 2.46. The number of carbonyl (C=O) groups is 2. The number of ether oxygens (including phenoxy) is 1. The summed E-state index contributed by atoms with van der Waals surface area (Å²) in [6.45, 7) is 5.29. The molecule has 1 saturated heterocycles. The maximum atomic E-state index is 12.8. The third-order valence-corrected chi connectivity index (χ3v) is 6.65. The van der Waals surface area contributed by atoms with Crippen molar-refractivity contribution in [3.05, 3.63) is 40.4 Å². The van der Waals surface area contributed by atoms with Gasteiger partial charge in [0.1, 0.15) is 16.9 Å². The monoisotopic (exact) mass is 453 g/mol. The highest BCUT2D eigenvalue weighted by Gasteiger charge is 2.32. The van der Waals surface area contributed by atoms with E-state index >= 15 is 0 Å². The topological polar surface area (TPSA) is 98.6 Å². The SMILES string of the molecule is CCOC(=O)c1c(C2CC2)csc1NC(=O)CN1CCCN(c2ncccc2C#N)CC1. The van der Waals surface area contributed by atoms with Gasteiger partial charge in [-0.05, 0) is 55.2 Å². The van der Waals surface area contributed by atoms with E-state index in [1.54, 1.807) is 25.3 Å². The number of hydrogen-bond donors (Lipinski definition) is 1. The van der Waals surface area contributed by atoms with Crippen molar-refractivity contribution in [2.75, 3.05) is 49.5 Å². The summed E-state index contributed by atoms with van der Waals surface area (Å²) in [5, 5.41) is 14.9. The standard InChI is InChI=1S/C23H27N5O3S/c1-2-31-23(30)20-18(16-6-7-16)15-32-22(20)26-19(29)14-27-9-4-10-28(12-11-27)21-17(13-24)5-3-8-25-21/h3,5,8,15-16H,2,4,6-7,9-12,14H2,1H3,(H,26,29). The molecular weight excluding hydrogens is 426 g/mol. The van der Waals surface area contributed by atoms with Gasteiger partial charge in [-0.3, -0.25) is 9.69 Å². The zero-order valence-electron chi connectivity index (χ0n) is 18.2. The number of nitrogens with zero attached hydrogens (tertiary/aromatic N) is 4. The number of pyridine rings is 1. The molecular formula is C23H27N5O3S. The van der Waals surface area contributed by atoms with Gasteiger partial charge in [0, 0.05) is 32.4 Å². The Morgan fingerprint density at radius 2 is 2.16 bits per heavy atom. The van der Waals surface area contributed by atoms with E-state index in [9.17, 15) is 14.9 Å². The summed E-state index contributed by atoms with van der Waals surface area (Å²) in [6, 6.07) is 5.74. The van der Waals surface area contributed by atoms with Gasteiger partial charge >= 0.3 is 5.97 Å². The number of rotatable bonds is 7. The highest BCUT2D eigenvalue weighted by atomic mass is 32.1. The minimum atomic E-state index is -0.361. The van der Waals surface area contributed by atoms with Crippen LogP contribution in [0.3, 0.4) is 0 Å². The molecule has 2 aromatic heterocycles. The first-order valence-electron chi connectivity index (χ1n) is 11.0. The summed E-state index contributed by atoms with van der Waals surface area (Å²) in [6.07, 6.45) is 4.72. The Morgan fingerprint density at radius 1 is 1.31 bits per heavy atom.